The van der Waals surface area contributed by atoms with Gasteiger partial charge in [-0.25, -0.2) is 0 Å². The normalized spacial score (nSPS) is 18.8. The molecule has 1 saturated heterocycles. The van der Waals surface area contributed by atoms with Crippen LogP contribution in [0.2, 0.25) is 0 Å². The maximum absolute atomic E-state index is 13.0. The van der Waals surface area contributed by atoms with E-state index < -0.39 is 0 Å². The monoisotopic (exact) mass is 336 g/mol. The number of amides is 1. The molecule has 3 rings (SSSR count). The highest BCUT2D eigenvalue weighted by Gasteiger charge is 2.27. The zero-order valence-electron chi connectivity index (χ0n) is 14.8. The fraction of sp³-hybridized carbons (Fsp3) is 0.409. The number of nitrogens with two attached hydrogens (primary N) is 1. The second-order valence-electron chi connectivity index (χ2n) is 6.97. The van der Waals surface area contributed by atoms with Gasteiger partial charge < -0.3 is 10.6 Å². The Morgan fingerprint density at radius 2 is 1.72 bits per heavy atom. The molecule has 0 spiro atoms. The summed E-state index contributed by atoms with van der Waals surface area (Å²) in [6.45, 7) is 1.42. The van der Waals surface area contributed by atoms with Gasteiger partial charge in [0.25, 0.3) is 0 Å². The average molecular weight is 336 g/mol. The van der Waals surface area contributed by atoms with Crippen LogP contribution in [-0.2, 0) is 11.2 Å². The van der Waals surface area contributed by atoms with E-state index in [-0.39, 0.29) is 17.9 Å². The van der Waals surface area contributed by atoms with Gasteiger partial charge in [-0.3, -0.25) is 4.79 Å². The van der Waals surface area contributed by atoms with E-state index in [1.807, 2.05) is 17.0 Å². The van der Waals surface area contributed by atoms with Crippen molar-refractivity contribution in [2.45, 2.75) is 44.1 Å². The van der Waals surface area contributed by atoms with E-state index in [0.29, 0.717) is 13.0 Å². The topological polar surface area (TPSA) is 46.3 Å². The highest BCUT2D eigenvalue weighted by Crippen LogP contribution is 2.27. The molecule has 0 saturated carbocycles. The average Bonchev–Trinajstić information content (AvgIpc) is 2.69. The van der Waals surface area contributed by atoms with E-state index in [9.17, 15) is 4.79 Å². The van der Waals surface area contributed by atoms with Gasteiger partial charge in [0.1, 0.15) is 0 Å². The van der Waals surface area contributed by atoms with Crippen LogP contribution in [0.4, 0.5) is 0 Å². The molecule has 2 aromatic rings. The Hall–Kier alpha value is -2.13. The standard InChI is InChI=1S/C22H28N2O/c23-17-21-13-7-8-14-24(21)22(25)16-20(19-11-5-2-6-12-19)15-18-9-3-1-4-10-18/h1-6,9-12,20-21H,7-8,13-17,23H2. The fourth-order valence-corrected chi connectivity index (χ4v) is 3.83. The van der Waals surface area contributed by atoms with Gasteiger partial charge in [0, 0.05) is 25.6 Å². The van der Waals surface area contributed by atoms with Crippen LogP contribution in [-0.4, -0.2) is 29.9 Å². The Balaban J connectivity index is 1.76. The van der Waals surface area contributed by atoms with Crippen LogP contribution < -0.4 is 5.73 Å². The fourth-order valence-electron chi connectivity index (χ4n) is 3.83. The maximum Gasteiger partial charge on any atom is 0.223 e. The molecular formula is C22H28N2O. The minimum atomic E-state index is 0.205. The summed E-state index contributed by atoms with van der Waals surface area (Å²) in [7, 11) is 0. The molecule has 25 heavy (non-hydrogen) atoms. The minimum absolute atomic E-state index is 0.205. The molecular weight excluding hydrogens is 308 g/mol. The van der Waals surface area contributed by atoms with Gasteiger partial charge in [0.05, 0.1) is 0 Å². The first-order valence-corrected chi connectivity index (χ1v) is 9.36. The van der Waals surface area contributed by atoms with Crippen molar-refractivity contribution in [3.8, 4) is 0 Å². The number of nitrogens with zero attached hydrogens (tertiary/aromatic N) is 1. The molecule has 2 unspecified atom stereocenters. The second kappa shape index (κ2) is 8.82. The van der Waals surface area contributed by atoms with E-state index in [2.05, 4.69) is 48.5 Å². The van der Waals surface area contributed by atoms with Gasteiger partial charge in [0.15, 0.2) is 0 Å². The number of benzene rings is 2. The van der Waals surface area contributed by atoms with E-state index in [0.717, 1.165) is 25.8 Å². The van der Waals surface area contributed by atoms with Gasteiger partial charge in [-0.1, -0.05) is 60.7 Å². The lowest BCUT2D eigenvalue weighted by Crippen LogP contribution is -2.47. The third-order valence-electron chi connectivity index (χ3n) is 5.24. The summed E-state index contributed by atoms with van der Waals surface area (Å²) in [6.07, 6.45) is 4.75. The molecule has 132 valence electrons. The molecule has 1 heterocycles. The van der Waals surface area contributed by atoms with Crippen molar-refractivity contribution in [2.24, 2.45) is 5.73 Å². The number of rotatable bonds is 6. The van der Waals surface area contributed by atoms with Gasteiger partial charge in [-0.05, 0) is 42.7 Å². The predicted octanol–water partition coefficient (Wildman–Crippen LogP) is 3.74. The Labute approximate surface area is 150 Å². The number of piperidine rings is 1. The van der Waals surface area contributed by atoms with Crippen molar-refractivity contribution in [3.05, 3.63) is 71.8 Å². The summed E-state index contributed by atoms with van der Waals surface area (Å²) >= 11 is 0. The molecule has 1 aliphatic heterocycles. The zero-order valence-corrected chi connectivity index (χ0v) is 14.8. The SMILES string of the molecule is NCC1CCCCN1C(=O)CC(Cc1ccccc1)c1ccccc1. The van der Waals surface area contributed by atoms with Crippen LogP contribution in [0.3, 0.4) is 0 Å². The predicted molar refractivity (Wildman–Crippen MR) is 102 cm³/mol. The molecule has 0 aliphatic carbocycles. The lowest BCUT2D eigenvalue weighted by molar-refractivity contribution is -0.135. The van der Waals surface area contributed by atoms with Gasteiger partial charge in [0.2, 0.25) is 5.91 Å². The molecule has 2 atom stereocenters. The van der Waals surface area contributed by atoms with E-state index >= 15 is 0 Å². The van der Waals surface area contributed by atoms with Crippen molar-refractivity contribution >= 4 is 5.91 Å². The van der Waals surface area contributed by atoms with Crippen LogP contribution in [0, 0.1) is 0 Å². The summed E-state index contributed by atoms with van der Waals surface area (Å²) < 4.78 is 0. The first kappa shape index (κ1) is 17.7. The first-order chi connectivity index (χ1) is 12.3. The molecule has 0 aromatic heterocycles. The summed E-state index contributed by atoms with van der Waals surface area (Å²) in [5.74, 6) is 0.455. The molecule has 2 aromatic carbocycles. The lowest BCUT2D eigenvalue weighted by Gasteiger charge is -2.36. The number of hydrogen-bond acceptors (Lipinski definition) is 2. The van der Waals surface area contributed by atoms with Crippen molar-refractivity contribution in [1.82, 2.24) is 4.90 Å². The second-order valence-corrected chi connectivity index (χ2v) is 6.97. The molecule has 3 nitrogen and oxygen atoms in total. The molecule has 0 radical (unpaired) electrons. The zero-order chi connectivity index (χ0) is 17.5. The van der Waals surface area contributed by atoms with Gasteiger partial charge >= 0.3 is 0 Å². The molecule has 1 aliphatic rings. The number of likely N-dealkylation sites (tertiary alicyclic amines) is 1. The van der Waals surface area contributed by atoms with Gasteiger partial charge in [-0.15, -0.1) is 0 Å². The lowest BCUT2D eigenvalue weighted by atomic mass is 9.88. The van der Waals surface area contributed by atoms with Crippen molar-refractivity contribution in [1.29, 1.82) is 0 Å². The summed E-state index contributed by atoms with van der Waals surface area (Å²) in [6, 6.07) is 21.1. The van der Waals surface area contributed by atoms with Crippen LogP contribution in [0.1, 0.15) is 42.7 Å². The molecule has 1 amide bonds. The van der Waals surface area contributed by atoms with Crippen LogP contribution in [0.25, 0.3) is 0 Å². The summed E-state index contributed by atoms with van der Waals surface area (Å²) in [5, 5.41) is 0. The quantitative estimate of drug-likeness (QED) is 0.873. The Morgan fingerprint density at radius 3 is 2.40 bits per heavy atom. The summed E-state index contributed by atoms with van der Waals surface area (Å²) in [5.41, 5.74) is 8.42. The summed E-state index contributed by atoms with van der Waals surface area (Å²) in [4.78, 5) is 15.0. The first-order valence-electron chi connectivity index (χ1n) is 9.36. The van der Waals surface area contributed by atoms with Crippen molar-refractivity contribution in [3.63, 3.8) is 0 Å². The highest BCUT2D eigenvalue weighted by molar-refractivity contribution is 5.77. The van der Waals surface area contributed by atoms with Crippen LogP contribution in [0.15, 0.2) is 60.7 Å². The Kier molecular flexibility index (Phi) is 6.24. The van der Waals surface area contributed by atoms with Crippen molar-refractivity contribution < 1.29 is 4.79 Å². The number of hydrogen-bond donors (Lipinski definition) is 1. The minimum Gasteiger partial charge on any atom is -0.338 e. The molecule has 2 N–H and O–H groups in total. The Morgan fingerprint density at radius 1 is 1.04 bits per heavy atom. The highest BCUT2D eigenvalue weighted by atomic mass is 16.2. The third kappa shape index (κ3) is 4.70. The Bertz CT molecular complexity index is 656. The molecule has 3 heteroatoms. The molecule has 1 fully saturated rings. The van der Waals surface area contributed by atoms with Crippen molar-refractivity contribution in [2.75, 3.05) is 13.1 Å². The van der Waals surface area contributed by atoms with Gasteiger partial charge in [-0.2, -0.15) is 0 Å². The van der Waals surface area contributed by atoms with E-state index in [4.69, 9.17) is 5.73 Å². The number of carbonyl (C=O) groups is 1. The van der Waals surface area contributed by atoms with Crippen LogP contribution >= 0.6 is 0 Å². The maximum atomic E-state index is 13.0. The van der Waals surface area contributed by atoms with E-state index in [1.165, 1.54) is 17.5 Å². The number of carbonyl (C=O) groups excluding carboxylic acids is 1. The van der Waals surface area contributed by atoms with E-state index in [1.54, 1.807) is 0 Å². The smallest absolute Gasteiger partial charge is 0.223 e. The largest absolute Gasteiger partial charge is 0.338 e. The molecule has 0 bridgehead atoms. The third-order valence-corrected chi connectivity index (χ3v) is 5.24. The van der Waals surface area contributed by atoms with Crippen LogP contribution in [0.5, 0.6) is 0 Å².